The van der Waals surface area contributed by atoms with Crippen LogP contribution in [-0.4, -0.2) is 25.8 Å². The molecule has 0 radical (unpaired) electrons. The fourth-order valence-electron chi connectivity index (χ4n) is 3.81. The van der Waals surface area contributed by atoms with Crippen LogP contribution in [0, 0.1) is 11.7 Å². The molecule has 3 rings (SSSR count). The highest BCUT2D eigenvalue weighted by Crippen LogP contribution is 2.29. The Morgan fingerprint density at radius 1 is 0.939 bits per heavy atom. The lowest BCUT2D eigenvalue weighted by Crippen LogP contribution is -2.27. The lowest BCUT2D eigenvalue weighted by Gasteiger charge is -2.29. The van der Waals surface area contributed by atoms with Crippen LogP contribution in [0.2, 0.25) is 0 Å². The number of unbranched alkanes of at least 4 members (excludes halogenated alkanes) is 4. The molecule has 180 valence electrons. The first-order valence-corrected chi connectivity index (χ1v) is 12.1. The standard InChI is InChI=1S/C27H35FO5/c1-3-5-6-7-8-16-30-22-11-13-23(14-12-22)33-26(29)21-10-15-24(25(28)17-21)27-31-18-20(9-4-2)19-32-27/h10-15,17,20,27H,3-9,16,18-19H2,1-2H3. The normalized spacial score (nSPS) is 18.2. The Labute approximate surface area is 196 Å². The fraction of sp³-hybridized carbons (Fsp3) is 0.519. The molecule has 1 aliphatic rings. The summed E-state index contributed by atoms with van der Waals surface area (Å²) in [4.78, 5) is 12.5. The fourth-order valence-corrected chi connectivity index (χ4v) is 3.81. The van der Waals surface area contributed by atoms with Crippen molar-refractivity contribution in [2.24, 2.45) is 5.92 Å². The summed E-state index contributed by atoms with van der Waals surface area (Å²) in [7, 11) is 0. The average Bonchev–Trinajstić information content (AvgIpc) is 2.83. The Hall–Kier alpha value is -2.44. The second-order valence-corrected chi connectivity index (χ2v) is 8.51. The van der Waals surface area contributed by atoms with Crippen molar-refractivity contribution in [1.29, 1.82) is 0 Å². The highest BCUT2D eigenvalue weighted by molar-refractivity contribution is 5.91. The molecular formula is C27H35FO5. The Kier molecular flexibility index (Phi) is 10.2. The zero-order valence-corrected chi connectivity index (χ0v) is 19.7. The number of hydrogen-bond acceptors (Lipinski definition) is 5. The van der Waals surface area contributed by atoms with Gasteiger partial charge in [0.25, 0.3) is 0 Å². The molecule has 0 N–H and O–H groups in total. The van der Waals surface area contributed by atoms with Crippen molar-refractivity contribution in [2.45, 2.75) is 65.1 Å². The molecule has 2 aromatic rings. The molecular weight excluding hydrogens is 423 g/mol. The van der Waals surface area contributed by atoms with Gasteiger partial charge < -0.3 is 18.9 Å². The monoisotopic (exact) mass is 458 g/mol. The van der Waals surface area contributed by atoms with E-state index >= 15 is 0 Å². The summed E-state index contributed by atoms with van der Waals surface area (Å²) in [5.41, 5.74) is 0.418. The molecule has 0 spiro atoms. The first kappa shape index (κ1) is 25.2. The lowest BCUT2D eigenvalue weighted by atomic mass is 10.0. The number of halogens is 1. The first-order chi connectivity index (χ1) is 16.1. The molecule has 0 amide bonds. The van der Waals surface area contributed by atoms with Crippen LogP contribution in [0.25, 0.3) is 0 Å². The van der Waals surface area contributed by atoms with E-state index in [1.807, 2.05) is 0 Å². The molecule has 1 heterocycles. The van der Waals surface area contributed by atoms with Crippen LogP contribution in [0.4, 0.5) is 4.39 Å². The predicted octanol–water partition coefficient (Wildman–Crippen LogP) is 6.86. The van der Waals surface area contributed by atoms with Crippen molar-refractivity contribution in [3.8, 4) is 11.5 Å². The zero-order valence-electron chi connectivity index (χ0n) is 19.7. The van der Waals surface area contributed by atoms with E-state index in [2.05, 4.69) is 13.8 Å². The first-order valence-electron chi connectivity index (χ1n) is 12.1. The van der Waals surface area contributed by atoms with Gasteiger partial charge in [-0.15, -0.1) is 0 Å². The van der Waals surface area contributed by atoms with E-state index in [9.17, 15) is 9.18 Å². The molecule has 2 aromatic carbocycles. The minimum Gasteiger partial charge on any atom is -0.494 e. The van der Waals surface area contributed by atoms with Crippen LogP contribution in [0.5, 0.6) is 11.5 Å². The van der Waals surface area contributed by atoms with Crippen LogP contribution in [-0.2, 0) is 9.47 Å². The minimum absolute atomic E-state index is 0.128. The second kappa shape index (κ2) is 13.3. The van der Waals surface area contributed by atoms with E-state index in [1.165, 1.54) is 37.5 Å². The molecule has 6 heteroatoms. The van der Waals surface area contributed by atoms with Crippen molar-refractivity contribution in [3.05, 3.63) is 59.4 Å². The maximum Gasteiger partial charge on any atom is 0.343 e. The number of rotatable bonds is 12. The number of ether oxygens (including phenoxy) is 4. The van der Waals surface area contributed by atoms with Crippen molar-refractivity contribution in [2.75, 3.05) is 19.8 Å². The van der Waals surface area contributed by atoms with Crippen LogP contribution in [0.1, 0.15) is 81.0 Å². The van der Waals surface area contributed by atoms with Gasteiger partial charge in [-0.1, -0.05) is 52.0 Å². The second-order valence-electron chi connectivity index (χ2n) is 8.51. The van der Waals surface area contributed by atoms with Gasteiger partial charge in [-0.05, 0) is 49.2 Å². The summed E-state index contributed by atoms with van der Waals surface area (Å²) in [6.45, 7) is 6.06. The third-order valence-corrected chi connectivity index (χ3v) is 5.70. The maximum atomic E-state index is 14.7. The van der Waals surface area contributed by atoms with Gasteiger partial charge in [0.2, 0.25) is 0 Å². The number of esters is 1. The van der Waals surface area contributed by atoms with Gasteiger partial charge >= 0.3 is 5.97 Å². The van der Waals surface area contributed by atoms with Crippen LogP contribution in [0.15, 0.2) is 42.5 Å². The summed E-state index contributed by atoms with van der Waals surface area (Å²) in [5.74, 6) is 0.269. The van der Waals surface area contributed by atoms with Gasteiger partial charge in [-0.2, -0.15) is 0 Å². The largest absolute Gasteiger partial charge is 0.494 e. The molecule has 0 unspecified atom stereocenters. The van der Waals surface area contributed by atoms with Crippen LogP contribution < -0.4 is 9.47 Å². The van der Waals surface area contributed by atoms with Gasteiger partial charge in [0, 0.05) is 11.5 Å². The Bertz CT molecular complexity index is 859. The number of carbonyl (C=O) groups is 1. The van der Waals surface area contributed by atoms with Crippen molar-refractivity contribution in [3.63, 3.8) is 0 Å². The van der Waals surface area contributed by atoms with Gasteiger partial charge in [-0.3, -0.25) is 0 Å². The third-order valence-electron chi connectivity index (χ3n) is 5.70. The third kappa shape index (κ3) is 7.83. The summed E-state index contributed by atoms with van der Waals surface area (Å²) in [6.07, 6.45) is 7.23. The molecule has 1 fully saturated rings. The van der Waals surface area contributed by atoms with E-state index in [0.717, 1.165) is 31.4 Å². The molecule has 0 saturated carbocycles. The Balaban J connectivity index is 1.48. The maximum absolute atomic E-state index is 14.7. The quantitative estimate of drug-likeness (QED) is 0.198. The highest BCUT2D eigenvalue weighted by atomic mass is 19.1. The average molecular weight is 459 g/mol. The van der Waals surface area contributed by atoms with Crippen LogP contribution in [0.3, 0.4) is 0 Å². The molecule has 1 aliphatic heterocycles. The van der Waals surface area contributed by atoms with Gasteiger partial charge in [0.05, 0.1) is 25.4 Å². The van der Waals surface area contributed by atoms with Gasteiger partial charge in [0.15, 0.2) is 6.29 Å². The Morgan fingerprint density at radius 3 is 2.30 bits per heavy atom. The highest BCUT2D eigenvalue weighted by Gasteiger charge is 2.26. The van der Waals surface area contributed by atoms with E-state index in [1.54, 1.807) is 24.3 Å². The summed E-state index contributed by atoms with van der Waals surface area (Å²) >= 11 is 0. The number of carbonyl (C=O) groups excluding carboxylic acids is 1. The molecule has 0 aliphatic carbocycles. The topological polar surface area (TPSA) is 54.0 Å². The minimum atomic E-state index is -0.748. The molecule has 0 aromatic heterocycles. The van der Waals surface area contributed by atoms with E-state index in [-0.39, 0.29) is 11.1 Å². The molecule has 5 nitrogen and oxygen atoms in total. The lowest BCUT2D eigenvalue weighted by molar-refractivity contribution is -0.207. The Morgan fingerprint density at radius 2 is 1.64 bits per heavy atom. The summed E-state index contributed by atoms with van der Waals surface area (Å²) in [5, 5.41) is 0. The smallest absolute Gasteiger partial charge is 0.343 e. The van der Waals surface area contributed by atoms with E-state index in [4.69, 9.17) is 18.9 Å². The van der Waals surface area contributed by atoms with Crippen LogP contribution >= 0.6 is 0 Å². The molecule has 33 heavy (non-hydrogen) atoms. The molecule has 1 saturated heterocycles. The summed E-state index contributed by atoms with van der Waals surface area (Å²) in [6, 6.07) is 11.1. The molecule has 0 atom stereocenters. The van der Waals surface area contributed by atoms with Gasteiger partial charge in [-0.25, -0.2) is 9.18 Å². The predicted molar refractivity (Wildman–Crippen MR) is 125 cm³/mol. The van der Waals surface area contributed by atoms with Crippen molar-refractivity contribution >= 4 is 5.97 Å². The van der Waals surface area contributed by atoms with Crippen molar-refractivity contribution in [1.82, 2.24) is 0 Å². The van der Waals surface area contributed by atoms with E-state index < -0.39 is 18.1 Å². The summed E-state index contributed by atoms with van der Waals surface area (Å²) < 4.78 is 37.1. The zero-order chi connectivity index (χ0) is 23.5. The number of hydrogen-bond donors (Lipinski definition) is 0. The SMILES string of the molecule is CCCCCCCOc1ccc(OC(=O)c2ccc(C3OCC(CCC)CO3)c(F)c2)cc1. The van der Waals surface area contributed by atoms with Gasteiger partial charge in [0.1, 0.15) is 17.3 Å². The number of benzene rings is 2. The van der Waals surface area contributed by atoms with Crippen molar-refractivity contribution < 1.29 is 28.1 Å². The molecule has 0 bridgehead atoms. The van der Waals surface area contributed by atoms with E-state index in [0.29, 0.717) is 31.5 Å².